The van der Waals surface area contributed by atoms with Gasteiger partial charge in [-0.05, 0) is 36.8 Å². The van der Waals surface area contributed by atoms with Gasteiger partial charge in [0.1, 0.15) is 6.61 Å². The molecule has 0 fully saturated rings. The van der Waals surface area contributed by atoms with Gasteiger partial charge in [-0.15, -0.1) is 0 Å². The van der Waals surface area contributed by atoms with Crippen molar-refractivity contribution < 1.29 is 9.53 Å². The number of carbonyl (C=O) groups is 1. The Morgan fingerprint density at radius 3 is 2.56 bits per heavy atom. The molecular weight excluding hydrogens is 292 g/mol. The quantitative estimate of drug-likeness (QED) is 0.798. The van der Waals surface area contributed by atoms with Crippen LogP contribution in [-0.4, -0.2) is 5.97 Å². The summed E-state index contributed by atoms with van der Waals surface area (Å²) in [6.45, 7) is 2.27. The lowest BCUT2D eigenvalue weighted by molar-refractivity contribution is 0.0472. The van der Waals surface area contributed by atoms with Crippen LogP contribution in [0.2, 0.25) is 0 Å². The molecule has 0 aromatic heterocycles. The van der Waals surface area contributed by atoms with Crippen LogP contribution in [-0.2, 0) is 11.3 Å². The Labute approximate surface area is 115 Å². The largest absolute Gasteiger partial charge is 0.457 e. The van der Waals surface area contributed by atoms with Crippen molar-refractivity contribution in [1.29, 1.82) is 0 Å². The number of hydrogen-bond acceptors (Lipinski definition) is 2. The minimum absolute atomic E-state index is 0.284. The van der Waals surface area contributed by atoms with Crippen LogP contribution >= 0.6 is 15.9 Å². The van der Waals surface area contributed by atoms with E-state index in [1.54, 1.807) is 12.1 Å². The summed E-state index contributed by atoms with van der Waals surface area (Å²) in [5.41, 5.74) is 2.67. The molecule has 0 spiro atoms. The first-order valence-electron chi connectivity index (χ1n) is 5.63. The second kappa shape index (κ2) is 5.83. The molecule has 18 heavy (non-hydrogen) atoms. The Morgan fingerprint density at radius 2 is 1.89 bits per heavy atom. The van der Waals surface area contributed by atoms with Crippen molar-refractivity contribution in [3.05, 3.63) is 69.7 Å². The molecule has 0 bridgehead atoms. The second-order valence-corrected chi connectivity index (χ2v) is 4.99. The van der Waals surface area contributed by atoms with Crippen LogP contribution in [0.5, 0.6) is 0 Å². The minimum atomic E-state index is -0.296. The third-order valence-electron chi connectivity index (χ3n) is 2.55. The van der Waals surface area contributed by atoms with E-state index in [4.69, 9.17) is 4.74 Å². The number of rotatable bonds is 3. The highest BCUT2D eigenvalue weighted by molar-refractivity contribution is 9.10. The van der Waals surface area contributed by atoms with Gasteiger partial charge in [-0.1, -0.05) is 45.8 Å². The van der Waals surface area contributed by atoms with Gasteiger partial charge in [0.2, 0.25) is 0 Å². The highest BCUT2D eigenvalue weighted by atomic mass is 79.9. The van der Waals surface area contributed by atoms with Crippen LogP contribution in [0.25, 0.3) is 0 Å². The summed E-state index contributed by atoms with van der Waals surface area (Å²) in [5, 5.41) is 0. The average Bonchev–Trinajstić information content (AvgIpc) is 2.37. The van der Waals surface area contributed by atoms with E-state index in [1.807, 2.05) is 43.3 Å². The Morgan fingerprint density at radius 1 is 1.17 bits per heavy atom. The fourth-order valence-corrected chi connectivity index (χ4v) is 2.00. The van der Waals surface area contributed by atoms with E-state index in [-0.39, 0.29) is 12.6 Å². The summed E-state index contributed by atoms with van der Waals surface area (Å²) in [4.78, 5) is 11.8. The summed E-state index contributed by atoms with van der Waals surface area (Å²) < 4.78 is 6.23. The van der Waals surface area contributed by atoms with Gasteiger partial charge in [0.15, 0.2) is 0 Å². The Bertz CT molecular complexity index is 547. The van der Waals surface area contributed by atoms with Gasteiger partial charge >= 0.3 is 5.97 Å². The molecule has 0 heterocycles. The molecule has 0 amide bonds. The zero-order chi connectivity index (χ0) is 13.0. The van der Waals surface area contributed by atoms with E-state index < -0.39 is 0 Å². The van der Waals surface area contributed by atoms with Gasteiger partial charge in [0, 0.05) is 4.47 Å². The first-order valence-corrected chi connectivity index (χ1v) is 6.43. The third kappa shape index (κ3) is 3.44. The number of hydrogen-bond donors (Lipinski definition) is 0. The Hall–Kier alpha value is -1.61. The molecule has 3 heteroatoms. The van der Waals surface area contributed by atoms with Crippen molar-refractivity contribution >= 4 is 21.9 Å². The normalized spacial score (nSPS) is 10.1. The monoisotopic (exact) mass is 304 g/mol. The molecule has 2 aromatic rings. The summed E-state index contributed by atoms with van der Waals surface area (Å²) >= 11 is 3.38. The van der Waals surface area contributed by atoms with Crippen molar-refractivity contribution in [2.24, 2.45) is 0 Å². The van der Waals surface area contributed by atoms with Crippen LogP contribution in [0.3, 0.4) is 0 Å². The van der Waals surface area contributed by atoms with Crippen molar-refractivity contribution in [2.75, 3.05) is 0 Å². The predicted octanol–water partition coefficient (Wildman–Crippen LogP) is 4.11. The summed E-state index contributed by atoms with van der Waals surface area (Å²) in [6.07, 6.45) is 0. The maximum Gasteiger partial charge on any atom is 0.338 e. The number of aryl methyl sites for hydroxylation is 1. The van der Waals surface area contributed by atoms with Crippen molar-refractivity contribution in [3.8, 4) is 0 Å². The third-order valence-corrected chi connectivity index (χ3v) is 3.04. The van der Waals surface area contributed by atoms with E-state index in [0.717, 1.165) is 15.6 Å². The lowest BCUT2D eigenvalue weighted by Crippen LogP contribution is -2.05. The zero-order valence-corrected chi connectivity index (χ0v) is 11.6. The second-order valence-electron chi connectivity index (χ2n) is 4.07. The standard InChI is InChI=1S/C15H13BrO2/c1-11-5-7-13(8-6-11)15(17)18-10-12-3-2-4-14(16)9-12/h2-9H,10H2,1H3. The van der Waals surface area contributed by atoms with Gasteiger partial charge in [-0.25, -0.2) is 4.79 Å². The van der Waals surface area contributed by atoms with Gasteiger partial charge < -0.3 is 4.74 Å². The number of carbonyl (C=O) groups excluding carboxylic acids is 1. The number of esters is 1. The molecule has 0 aliphatic rings. The minimum Gasteiger partial charge on any atom is -0.457 e. The first kappa shape index (κ1) is 12.8. The van der Waals surface area contributed by atoms with E-state index in [0.29, 0.717) is 5.56 Å². The summed E-state index contributed by atoms with van der Waals surface area (Å²) in [6, 6.07) is 15.1. The van der Waals surface area contributed by atoms with Crippen LogP contribution in [0.1, 0.15) is 21.5 Å². The van der Waals surface area contributed by atoms with E-state index >= 15 is 0 Å². The number of benzene rings is 2. The molecule has 0 saturated carbocycles. The lowest BCUT2D eigenvalue weighted by atomic mass is 10.1. The Balaban J connectivity index is 1.98. The number of ether oxygens (including phenoxy) is 1. The molecule has 92 valence electrons. The van der Waals surface area contributed by atoms with E-state index in [9.17, 15) is 4.79 Å². The lowest BCUT2D eigenvalue weighted by Gasteiger charge is -2.05. The van der Waals surface area contributed by atoms with E-state index in [1.165, 1.54) is 0 Å². The van der Waals surface area contributed by atoms with Crippen molar-refractivity contribution in [3.63, 3.8) is 0 Å². The average molecular weight is 305 g/mol. The van der Waals surface area contributed by atoms with Crippen LogP contribution in [0.15, 0.2) is 53.0 Å². The molecule has 0 aliphatic carbocycles. The fourth-order valence-electron chi connectivity index (χ4n) is 1.55. The zero-order valence-electron chi connectivity index (χ0n) is 10.0. The highest BCUT2D eigenvalue weighted by Crippen LogP contribution is 2.13. The van der Waals surface area contributed by atoms with Crippen molar-refractivity contribution in [2.45, 2.75) is 13.5 Å². The van der Waals surface area contributed by atoms with Gasteiger partial charge in [0.25, 0.3) is 0 Å². The summed E-state index contributed by atoms with van der Waals surface area (Å²) in [7, 11) is 0. The molecule has 0 atom stereocenters. The molecule has 0 aliphatic heterocycles. The van der Waals surface area contributed by atoms with Crippen molar-refractivity contribution in [1.82, 2.24) is 0 Å². The van der Waals surface area contributed by atoms with Gasteiger partial charge in [-0.3, -0.25) is 0 Å². The molecule has 0 radical (unpaired) electrons. The molecular formula is C15H13BrO2. The number of halogens is 1. The molecule has 2 nitrogen and oxygen atoms in total. The SMILES string of the molecule is Cc1ccc(C(=O)OCc2cccc(Br)c2)cc1. The van der Waals surface area contributed by atoms with Crippen LogP contribution in [0, 0.1) is 6.92 Å². The smallest absolute Gasteiger partial charge is 0.338 e. The fraction of sp³-hybridized carbons (Fsp3) is 0.133. The molecule has 0 N–H and O–H groups in total. The topological polar surface area (TPSA) is 26.3 Å². The highest BCUT2D eigenvalue weighted by Gasteiger charge is 2.06. The maximum atomic E-state index is 11.8. The summed E-state index contributed by atoms with van der Waals surface area (Å²) in [5.74, 6) is -0.296. The molecule has 2 rings (SSSR count). The van der Waals surface area contributed by atoms with Gasteiger partial charge in [0.05, 0.1) is 5.56 Å². The first-order chi connectivity index (χ1) is 8.65. The van der Waals surface area contributed by atoms with Gasteiger partial charge in [-0.2, -0.15) is 0 Å². The molecule has 2 aromatic carbocycles. The van der Waals surface area contributed by atoms with Crippen LogP contribution < -0.4 is 0 Å². The predicted molar refractivity (Wildman–Crippen MR) is 74.4 cm³/mol. The molecule has 0 unspecified atom stereocenters. The Kier molecular flexibility index (Phi) is 4.15. The van der Waals surface area contributed by atoms with E-state index in [2.05, 4.69) is 15.9 Å². The maximum absolute atomic E-state index is 11.8. The molecule has 0 saturated heterocycles. The van der Waals surface area contributed by atoms with Crippen LogP contribution in [0.4, 0.5) is 0 Å².